The molecule has 3 atom stereocenters. The molecule has 0 spiro atoms. The topological polar surface area (TPSA) is 87.0 Å². The molecule has 58 valence electrons. The van der Waals surface area contributed by atoms with Crippen LogP contribution in [-0.4, -0.2) is 46.2 Å². The number of aliphatic hydroxyl groups excluding tert-OH is 3. The van der Waals surface area contributed by atoms with Crippen LogP contribution in [0.3, 0.4) is 0 Å². The lowest BCUT2D eigenvalue weighted by atomic mass is 10.1. The number of cyclic esters (lactones) is 1. The van der Waals surface area contributed by atoms with E-state index in [1.807, 2.05) is 0 Å². The molecule has 10 heavy (non-hydrogen) atoms. The Balaban J connectivity index is 2.61. The zero-order valence-corrected chi connectivity index (χ0v) is 5.10. The van der Waals surface area contributed by atoms with Crippen LogP contribution >= 0.6 is 0 Å². The highest BCUT2D eigenvalue weighted by Crippen LogP contribution is 2.14. The lowest BCUT2D eigenvalue weighted by Gasteiger charge is -2.08. The second-order valence-electron chi connectivity index (χ2n) is 2.09. The van der Waals surface area contributed by atoms with E-state index in [0.29, 0.717) is 0 Å². The summed E-state index contributed by atoms with van der Waals surface area (Å²) in [6.45, 7) is -0.468. The van der Waals surface area contributed by atoms with Gasteiger partial charge in [0.25, 0.3) is 0 Å². The monoisotopic (exact) mass is 148 g/mol. The average molecular weight is 148 g/mol. The molecule has 0 aliphatic carbocycles. The number of hydrogen-bond donors (Lipinski definition) is 3. The number of hydrogen-bond acceptors (Lipinski definition) is 5. The van der Waals surface area contributed by atoms with Gasteiger partial charge in [0, 0.05) is 0 Å². The van der Waals surface area contributed by atoms with Gasteiger partial charge in [-0.15, -0.1) is 0 Å². The van der Waals surface area contributed by atoms with Crippen molar-refractivity contribution in [2.24, 2.45) is 0 Å². The van der Waals surface area contributed by atoms with Crippen molar-refractivity contribution in [3.8, 4) is 0 Å². The third-order valence-corrected chi connectivity index (χ3v) is 1.39. The van der Waals surface area contributed by atoms with Gasteiger partial charge in [0.2, 0.25) is 0 Å². The highest BCUT2D eigenvalue weighted by Gasteiger charge is 2.41. The first-order valence-electron chi connectivity index (χ1n) is 2.84. The summed E-state index contributed by atoms with van der Waals surface area (Å²) in [5.41, 5.74) is 0. The molecule has 0 amide bonds. The predicted octanol–water partition coefficient (Wildman–Crippen LogP) is -2.37. The summed E-state index contributed by atoms with van der Waals surface area (Å²) in [5.74, 6) is -0.883. The highest BCUT2D eigenvalue weighted by atomic mass is 16.6. The third kappa shape index (κ3) is 0.985. The van der Waals surface area contributed by atoms with Gasteiger partial charge in [-0.3, -0.25) is 0 Å². The molecule has 3 N–H and O–H groups in total. The van der Waals surface area contributed by atoms with Crippen molar-refractivity contribution in [2.75, 3.05) is 6.61 Å². The molecule has 1 saturated heterocycles. The van der Waals surface area contributed by atoms with E-state index < -0.39 is 30.9 Å². The number of rotatable bonds is 1. The lowest BCUT2D eigenvalue weighted by molar-refractivity contribution is -0.148. The Morgan fingerprint density at radius 1 is 1.50 bits per heavy atom. The maximum atomic E-state index is 10.4. The minimum absolute atomic E-state index is 0.468. The molecule has 0 bridgehead atoms. The minimum atomic E-state index is -1.50. The Morgan fingerprint density at radius 3 is 2.30 bits per heavy atom. The van der Waals surface area contributed by atoms with Crippen molar-refractivity contribution in [1.82, 2.24) is 0 Å². The molecule has 0 aromatic carbocycles. The summed E-state index contributed by atoms with van der Waals surface area (Å²) in [6.07, 6.45) is -3.77. The average Bonchev–Trinajstić information content (AvgIpc) is 2.17. The van der Waals surface area contributed by atoms with E-state index in [4.69, 9.17) is 15.3 Å². The van der Waals surface area contributed by atoms with Gasteiger partial charge >= 0.3 is 5.97 Å². The van der Waals surface area contributed by atoms with Crippen molar-refractivity contribution in [1.29, 1.82) is 0 Å². The van der Waals surface area contributed by atoms with E-state index in [2.05, 4.69) is 4.74 Å². The first-order chi connectivity index (χ1) is 4.66. The Morgan fingerprint density at radius 2 is 2.10 bits per heavy atom. The number of ether oxygens (including phenoxy) is 1. The summed E-state index contributed by atoms with van der Waals surface area (Å²) < 4.78 is 4.35. The first kappa shape index (κ1) is 7.46. The SMILES string of the molecule is O=C1O[C@H](CO)[C@@H](O)[C@@H]1O. The van der Waals surface area contributed by atoms with Crippen molar-refractivity contribution in [3.05, 3.63) is 0 Å². The lowest BCUT2D eigenvalue weighted by Crippen LogP contribution is -2.32. The number of carbonyl (C=O) groups is 1. The molecule has 5 nitrogen and oxygen atoms in total. The molecule has 5 heteroatoms. The van der Waals surface area contributed by atoms with Gasteiger partial charge in [-0.1, -0.05) is 0 Å². The standard InChI is InChI=1S/C5H8O5/c6-1-2-3(7)4(8)5(9)10-2/h2-4,6-8H,1H2/t2-,3-,4+/m1/s1. The zero-order valence-electron chi connectivity index (χ0n) is 5.10. The van der Waals surface area contributed by atoms with Crippen molar-refractivity contribution in [3.63, 3.8) is 0 Å². The normalized spacial score (nSPS) is 39.9. The van der Waals surface area contributed by atoms with Crippen LogP contribution in [0.1, 0.15) is 0 Å². The largest absolute Gasteiger partial charge is 0.455 e. The summed E-state index contributed by atoms with van der Waals surface area (Å²) in [7, 11) is 0. The molecular weight excluding hydrogens is 140 g/mol. The Labute approximate surface area is 56.9 Å². The summed E-state index contributed by atoms with van der Waals surface area (Å²) >= 11 is 0. The fourth-order valence-corrected chi connectivity index (χ4v) is 0.777. The molecule has 0 unspecified atom stereocenters. The summed E-state index contributed by atoms with van der Waals surface area (Å²) in [5, 5.41) is 26.0. The van der Waals surface area contributed by atoms with Gasteiger partial charge in [-0.2, -0.15) is 0 Å². The van der Waals surface area contributed by atoms with E-state index in [-0.39, 0.29) is 0 Å². The third-order valence-electron chi connectivity index (χ3n) is 1.39. The van der Waals surface area contributed by atoms with Crippen LogP contribution in [0, 0.1) is 0 Å². The molecule has 0 radical (unpaired) electrons. The maximum absolute atomic E-state index is 10.4. The van der Waals surface area contributed by atoms with Gasteiger partial charge in [0.1, 0.15) is 6.10 Å². The van der Waals surface area contributed by atoms with E-state index in [1.165, 1.54) is 0 Å². The summed E-state index contributed by atoms with van der Waals surface area (Å²) in [4.78, 5) is 10.4. The van der Waals surface area contributed by atoms with Crippen LogP contribution in [0.25, 0.3) is 0 Å². The van der Waals surface area contributed by atoms with E-state index >= 15 is 0 Å². The van der Waals surface area contributed by atoms with Crippen LogP contribution in [0.4, 0.5) is 0 Å². The molecule has 1 aliphatic heterocycles. The molecule has 0 saturated carbocycles. The maximum Gasteiger partial charge on any atom is 0.338 e. The Bertz CT molecular complexity index is 145. The zero-order chi connectivity index (χ0) is 7.72. The van der Waals surface area contributed by atoms with Gasteiger partial charge in [-0.25, -0.2) is 4.79 Å². The van der Waals surface area contributed by atoms with Crippen molar-refractivity contribution < 1.29 is 24.9 Å². The Hall–Kier alpha value is -0.650. The second kappa shape index (κ2) is 2.53. The molecule has 1 heterocycles. The van der Waals surface area contributed by atoms with Crippen LogP contribution in [-0.2, 0) is 9.53 Å². The van der Waals surface area contributed by atoms with E-state index in [9.17, 15) is 4.79 Å². The molecule has 0 aromatic heterocycles. The Kier molecular flexibility index (Phi) is 1.89. The molecule has 0 aromatic rings. The van der Waals surface area contributed by atoms with Crippen LogP contribution < -0.4 is 0 Å². The van der Waals surface area contributed by atoms with E-state index in [1.54, 1.807) is 0 Å². The van der Waals surface area contributed by atoms with Gasteiger partial charge < -0.3 is 20.1 Å². The number of aliphatic hydroxyl groups is 3. The van der Waals surface area contributed by atoms with Crippen molar-refractivity contribution >= 4 is 5.97 Å². The number of carbonyl (C=O) groups excluding carboxylic acids is 1. The van der Waals surface area contributed by atoms with Crippen LogP contribution in [0.5, 0.6) is 0 Å². The van der Waals surface area contributed by atoms with E-state index in [0.717, 1.165) is 0 Å². The quantitative estimate of drug-likeness (QED) is 0.362. The predicted molar refractivity (Wildman–Crippen MR) is 29.0 cm³/mol. The van der Waals surface area contributed by atoms with Gasteiger partial charge in [-0.05, 0) is 0 Å². The number of esters is 1. The fourth-order valence-electron chi connectivity index (χ4n) is 0.777. The molecule has 1 rings (SSSR count). The van der Waals surface area contributed by atoms with Gasteiger partial charge in [0.15, 0.2) is 12.2 Å². The van der Waals surface area contributed by atoms with Crippen LogP contribution in [0.2, 0.25) is 0 Å². The molecule has 1 fully saturated rings. The first-order valence-corrected chi connectivity index (χ1v) is 2.84. The fraction of sp³-hybridized carbons (Fsp3) is 0.800. The van der Waals surface area contributed by atoms with Crippen LogP contribution in [0.15, 0.2) is 0 Å². The van der Waals surface area contributed by atoms with Gasteiger partial charge in [0.05, 0.1) is 6.61 Å². The minimum Gasteiger partial charge on any atom is -0.455 e. The highest BCUT2D eigenvalue weighted by molar-refractivity contribution is 5.77. The van der Waals surface area contributed by atoms with Crippen molar-refractivity contribution in [2.45, 2.75) is 18.3 Å². The second-order valence-corrected chi connectivity index (χ2v) is 2.09. The molecule has 1 aliphatic rings. The summed E-state index contributed by atoms with van der Waals surface area (Å²) in [6, 6.07) is 0. The molecular formula is C5H8O5. The smallest absolute Gasteiger partial charge is 0.338 e.